The van der Waals surface area contributed by atoms with Crippen molar-refractivity contribution in [2.45, 2.75) is 31.3 Å². The van der Waals surface area contributed by atoms with Gasteiger partial charge in [0.05, 0.1) is 15.6 Å². The molecule has 1 amide bonds. The van der Waals surface area contributed by atoms with Crippen molar-refractivity contribution in [3.05, 3.63) is 33.8 Å². The van der Waals surface area contributed by atoms with Crippen LogP contribution in [0.2, 0.25) is 10.0 Å². The summed E-state index contributed by atoms with van der Waals surface area (Å²) in [7, 11) is 1.76. The van der Waals surface area contributed by atoms with Gasteiger partial charge in [-0.25, -0.2) is 0 Å². The number of rotatable bonds is 3. The van der Waals surface area contributed by atoms with Gasteiger partial charge in [-0.3, -0.25) is 4.79 Å². The smallest absolute Gasteiger partial charge is 0.242 e. The summed E-state index contributed by atoms with van der Waals surface area (Å²) in [6.45, 7) is 0.495. The predicted molar refractivity (Wildman–Crippen MR) is 73.7 cm³/mol. The average molecular weight is 287 g/mol. The van der Waals surface area contributed by atoms with Crippen molar-refractivity contribution in [1.82, 2.24) is 4.90 Å². The molecule has 98 valence electrons. The van der Waals surface area contributed by atoms with Crippen LogP contribution in [0.4, 0.5) is 0 Å². The van der Waals surface area contributed by atoms with E-state index in [-0.39, 0.29) is 5.91 Å². The van der Waals surface area contributed by atoms with Gasteiger partial charge < -0.3 is 10.6 Å². The molecule has 1 aliphatic rings. The molecule has 0 radical (unpaired) electrons. The van der Waals surface area contributed by atoms with Crippen LogP contribution in [-0.2, 0) is 11.3 Å². The maximum Gasteiger partial charge on any atom is 0.242 e. The largest absolute Gasteiger partial charge is 0.340 e. The van der Waals surface area contributed by atoms with E-state index in [0.29, 0.717) is 16.6 Å². The highest BCUT2D eigenvalue weighted by atomic mass is 35.5. The van der Waals surface area contributed by atoms with Crippen molar-refractivity contribution >= 4 is 29.1 Å². The van der Waals surface area contributed by atoms with Crippen molar-refractivity contribution in [2.75, 3.05) is 7.05 Å². The molecule has 18 heavy (non-hydrogen) atoms. The van der Waals surface area contributed by atoms with Gasteiger partial charge in [-0.2, -0.15) is 0 Å². The number of likely N-dealkylation sites (N-methyl/N-ethyl adjacent to an activating group) is 1. The van der Waals surface area contributed by atoms with E-state index in [4.69, 9.17) is 28.9 Å². The Balaban J connectivity index is 2.04. The summed E-state index contributed by atoms with van der Waals surface area (Å²) in [6.07, 6.45) is 2.58. The zero-order chi connectivity index (χ0) is 13.3. The second kappa shape index (κ2) is 5.08. The van der Waals surface area contributed by atoms with Crippen LogP contribution in [0.5, 0.6) is 0 Å². The Kier molecular flexibility index (Phi) is 3.85. The number of hydrogen-bond donors (Lipinski definition) is 1. The van der Waals surface area contributed by atoms with Crippen molar-refractivity contribution in [3.63, 3.8) is 0 Å². The van der Waals surface area contributed by atoms with Crippen molar-refractivity contribution in [3.8, 4) is 0 Å². The number of benzene rings is 1. The molecule has 0 unspecified atom stereocenters. The van der Waals surface area contributed by atoms with Gasteiger partial charge in [0.2, 0.25) is 5.91 Å². The normalized spacial score (nSPS) is 17.1. The summed E-state index contributed by atoms with van der Waals surface area (Å²) in [5, 5.41) is 1.02. The molecule has 5 heteroatoms. The number of carbonyl (C=O) groups is 1. The van der Waals surface area contributed by atoms with Crippen molar-refractivity contribution < 1.29 is 4.79 Å². The van der Waals surface area contributed by atoms with E-state index in [1.54, 1.807) is 24.1 Å². The van der Waals surface area contributed by atoms with Crippen molar-refractivity contribution in [2.24, 2.45) is 5.73 Å². The Morgan fingerprint density at radius 1 is 1.39 bits per heavy atom. The van der Waals surface area contributed by atoms with E-state index >= 15 is 0 Å². The molecule has 1 aliphatic carbocycles. The fourth-order valence-corrected chi connectivity index (χ4v) is 2.46. The van der Waals surface area contributed by atoms with E-state index < -0.39 is 5.54 Å². The van der Waals surface area contributed by atoms with Gasteiger partial charge >= 0.3 is 0 Å². The van der Waals surface area contributed by atoms with Crippen LogP contribution in [-0.4, -0.2) is 23.4 Å². The SMILES string of the molecule is CN(Cc1ccc(Cl)c(Cl)c1)C(=O)C1(N)CCC1. The Bertz CT molecular complexity index is 472. The summed E-state index contributed by atoms with van der Waals surface area (Å²) in [4.78, 5) is 13.8. The number of halogens is 2. The monoisotopic (exact) mass is 286 g/mol. The third kappa shape index (κ3) is 2.63. The van der Waals surface area contributed by atoms with E-state index in [1.807, 2.05) is 6.07 Å². The minimum absolute atomic E-state index is 0.000164. The minimum Gasteiger partial charge on any atom is -0.340 e. The maximum atomic E-state index is 12.1. The minimum atomic E-state index is -0.648. The highest BCUT2D eigenvalue weighted by molar-refractivity contribution is 6.42. The van der Waals surface area contributed by atoms with Crippen LogP contribution in [0.3, 0.4) is 0 Å². The molecule has 0 aromatic heterocycles. The van der Waals surface area contributed by atoms with E-state index in [9.17, 15) is 4.79 Å². The first-order valence-electron chi connectivity index (χ1n) is 5.91. The van der Waals surface area contributed by atoms with E-state index in [1.165, 1.54) is 0 Å². The lowest BCUT2D eigenvalue weighted by Gasteiger charge is -2.39. The summed E-state index contributed by atoms with van der Waals surface area (Å²) in [6, 6.07) is 5.37. The standard InChI is InChI=1S/C13H16Cl2N2O/c1-17(12(18)13(16)5-2-6-13)8-9-3-4-10(14)11(15)7-9/h3-4,7H,2,5-6,8,16H2,1H3. The van der Waals surface area contributed by atoms with Gasteiger partial charge in [-0.1, -0.05) is 29.3 Å². The van der Waals surface area contributed by atoms with Gasteiger partial charge in [-0.15, -0.1) is 0 Å². The predicted octanol–water partition coefficient (Wildman–Crippen LogP) is 2.83. The van der Waals surface area contributed by atoms with Crippen LogP contribution in [0.1, 0.15) is 24.8 Å². The Hall–Kier alpha value is -0.770. The Labute approximate surface area is 117 Å². The molecule has 2 N–H and O–H groups in total. The van der Waals surface area contributed by atoms with E-state index in [0.717, 1.165) is 24.8 Å². The quantitative estimate of drug-likeness (QED) is 0.929. The maximum absolute atomic E-state index is 12.1. The summed E-state index contributed by atoms with van der Waals surface area (Å²) >= 11 is 11.8. The van der Waals surface area contributed by atoms with Crippen LogP contribution in [0, 0.1) is 0 Å². The number of nitrogens with two attached hydrogens (primary N) is 1. The second-order valence-electron chi connectivity index (χ2n) is 4.92. The highest BCUT2D eigenvalue weighted by Crippen LogP contribution is 2.31. The summed E-state index contributed by atoms with van der Waals surface area (Å²) < 4.78 is 0. The molecule has 0 spiro atoms. The Morgan fingerprint density at radius 3 is 2.56 bits per heavy atom. The van der Waals surface area contributed by atoms with Crippen molar-refractivity contribution in [1.29, 1.82) is 0 Å². The lowest BCUT2D eigenvalue weighted by atomic mass is 9.76. The van der Waals surface area contributed by atoms with Gasteiger partial charge in [0.25, 0.3) is 0 Å². The van der Waals surface area contributed by atoms with Crippen LogP contribution < -0.4 is 5.73 Å². The molecule has 1 saturated carbocycles. The fourth-order valence-electron chi connectivity index (χ4n) is 2.14. The summed E-state index contributed by atoms with van der Waals surface area (Å²) in [5.41, 5.74) is 6.32. The first-order valence-corrected chi connectivity index (χ1v) is 6.66. The molecular formula is C13H16Cl2N2O. The molecule has 0 heterocycles. The first kappa shape index (κ1) is 13.7. The molecule has 0 aliphatic heterocycles. The molecule has 1 aromatic carbocycles. The lowest BCUT2D eigenvalue weighted by molar-refractivity contribution is -0.139. The molecule has 3 nitrogen and oxygen atoms in total. The average Bonchev–Trinajstić information content (AvgIpc) is 2.30. The second-order valence-corrected chi connectivity index (χ2v) is 5.73. The zero-order valence-electron chi connectivity index (χ0n) is 10.2. The lowest BCUT2D eigenvalue weighted by Crippen LogP contribution is -2.58. The molecule has 1 aromatic rings. The number of hydrogen-bond acceptors (Lipinski definition) is 2. The number of amides is 1. The van der Waals surface area contributed by atoms with Crippen LogP contribution >= 0.6 is 23.2 Å². The molecule has 2 rings (SSSR count). The topological polar surface area (TPSA) is 46.3 Å². The molecule has 0 bridgehead atoms. The van der Waals surface area contributed by atoms with Crippen LogP contribution in [0.15, 0.2) is 18.2 Å². The molecular weight excluding hydrogens is 271 g/mol. The van der Waals surface area contributed by atoms with Gasteiger partial charge in [0, 0.05) is 13.6 Å². The Morgan fingerprint density at radius 2 is 2.06 bits per heavy atom. The number of carbonyl (C=O) groups excluding carboxylic acids is 1. The zero-order valence-corrected chi connectivity index (χ0v) is 11.8. The first-order chi connectivity index (χ1) is 8.42. The van der Waals surface area contributed by atoms with Gasteiger partial charge in [0.1, 0.15) is 0 Å². The van der Waals surface area contributed by atoms with Crippen LogP contribution in [0.25, 0.3) is 0 Å². The molecule has 0 atom stereocenters. The number of nitrogens with zero attached hydrogens (tertiary/aromatic N) is 1. The summed E-state index contributed by atoms with van der Waals surface area (Å²) in [5.74, 6) is -0.000164. The van der Waals surface area contributed by atoms with E-state index in [2.05, 4.69) is 0 Å². The van der Waals surface area contributed by atoms with Gasteiger partial charge in [-0.05, 0) is 37.0 Å². The molecule has 1 fully saturated rings. The highest BCUT2D eigenvalue weighted by Gasteiger charge is 2.41. The molecule has 0 saturated heterocycles. The fraction of sp³-hybridized carbons (Fsp3) is 0.462. The van der Waals surface area contributed by atoms with Gasteiger partial charge in [0.15, 0.2) is 0 Å². The third-order valence-electron chi connectivity index (χ3n) is 3.42. The third-order valence-corrected chi connectivity index (χ3v) is 4.16.